The lowest BCUT2D eigenvalue weighted by atomic mass is 10.00. The van der Waals surface area contributed by atoms with Crippen LogP contribution in [-0.4, -0.2) is 57.7 Å². The van der Waals surface area contributed by atoms with Crippen LogP contribution in [0.5, 0.6) is 0 Å². The zero-order chi connectivity index (χ0) is 27.0. The highest BCUT2D eigenvalue weighted by Gasteiger charge is 2.28. The fourth-order valence-corrected chi connectivity index (χ4v) is 6.95. The molecule has 10 heteroatoms. The van der Waals surface area contributed by atoms with Crippen molar-refractivity contribution in [3.63, 3.8) is 0 Å². The summed E-state index contributed by atoms with van der Waals surface area (Å²) in [6.45, 7) is 4.11. The van der Waals surface area contributed by atoms with E-state index in [1.165, 1.54) is 0 Å². The number of benzene rings is 2. The maximum absolute atomic E-state index is 13.6. The van der Waals surface area contributed by atoms with Gasteiger partial charge in [0, 0.05) is 37.4 Å². The number of carbonyl (C=O) groups is 1. The van der Waals surface area contributed by atoms with Crippen LogP contribution in [0.4, 0.5) is 11.4 Å². The molecule has 2 atom stereocenters. The molecule has 1 saturated heterocycles. The summed E-state index contributed by atoms with van der Waals surface area (Å²) in [5.41, 5.74) is 3.90. The Labute approximate surface area is 230 Å². The molecule has 0 bridgehead atoms. The van der Waals surface area contributed by atoms with Crippen LogP contribution in [0.15, 0.2) is 65.4 Å². The minimum absolute atomic E-state index is 0.322. The Morgan fingerprint density at radius 2 is 1.92 bits per heavy atom. The minimum atomic E-state index is -2.93. The van der Waals surface area contributed by atoms with Crippen LogP contribution >= 0.6 is 22.1 Å². The van der Waals surface area contributed by atoms with Crippen molar-refractivity contribution in [1.29, 1.82) is 0 Å². The van der Waals surface area contributed by atoms with Gasteiger partial charge in [-0.1, -0.05) is 30.3 Å². The summed E-state index contributed by atoms with van der Waals surface area (Å²) in [6, 6.07) is 16.6. The second-order valence-corrected chi connectivity index (χ2v) is 12.4. The minimum Gasteiger partial charge on any atom is -0.390 e. The van der Waals surface area contributed by atoms with Gasteiger partial charge in [-0.25, -0.2) is 0 Å². The summed E-state index contributed by atoms with van der Waals surface area (Å²) in [5.74, 6) is 0.00117. The van der Waals surface area contributed by atoms with E-state index in [0.717, 1.165) is 29.7 Å². The Morgan fingerprint density at radius 1 is 1.11 bits per heavy atom. The van der Waals surface area contributed by atoms with E-state index in [9.17, 15) is 19.0 Å². The molecule has 206 valence electrons. The zero-order valence-corrected chi connectivity index (χ0v) is 23.3. The van der Waals surface area contributed by atoms with Gasteiger partial charge in [0.1, 0.15) is 0 Å². The Kier molecular flexibility index (Phi) is 10.1. The fraction of sp³-hybridized carbons (Fsp3) is 0.393. The van der Waals surface area contributed by atoms with Gasteiger partial charge in [-0.3, -0.25) is 18.2 Å². The molecule has 1 aliphatic heterocycles. The van der Waals surface area contributed by atoms with Crippen molar-refractivity contribution in [1.82, 2.24) is 10.6 Å². The number of aliphatic hydroxyl groups is 1. The average Bonchev–Trinajstić information content (AvgIpc) is 3.42. The maximum Gasteiger partial charge on any atom is 0.251 e. The first-order valence-corrected chi connectivity index (χ1v) is 15.6. The number of nitrogens with one attached hydrogen (secondary N) is 3. The number of aliphatic hydroxyl groups excluding tert-OH is 1. The molecule has 3 aromatic rings. The van der Waals surface area contributed by atoms with Gasteiger partial charge in [0.25, 0.3) is 5.91 Å². The largest absolute Gasteiger partial charge is 0.390 e. The van der Waals surface area contributed by atoms with E-state index >= 15 is 0 Å². The molecule has 0 saturated carbocycles. The van der Waals surface area contributed by atoms with Gasteiger partial charge in [-0.15, -0.1) is 10.8 Å². The first kappa shape index (κ1) is 28.4. The summed E-state index contributed by atoms with van der Waals surface area (Å²) >= 11 is 1.63. The standard InChI is InChI=1S/C28H38N4O4S2/c1-2-30-24-15-23(16-25(17-24)32-11-6-7-13-38(32,35)36)28(34)31-26(14-21-8-4-3-5-9-21)27(33)19-29-18-22-10-12-37-20-22/h3-5,8-10,12,15-17,20,26-27,29-30,33,35-36H,2,6-7,11,13-14,18-19H2,1H3,(H,31,34)/t26-,27+/m0/s1. The van der Waals surface area contributed by atoms with Crippen LogP contribution < -0.4 is 20.3 Å². The maximum atomic E-state index is 13.6. The van der Waals surface area contributed by atoms with Gasteiger partial charge in [0.2, 0.25) is 0 Å². The molecular weight excluding hydrogens is 520 g/mol. The molecule has 8 nitrogen and oxygen atoms in total. The van der Waals surface area contributed by atoms with Crippen molar-refractivity contribution < 1.29 is 19.0 Å². The number of hydrogen-bond donors (Lipinski definition) is 6. The SMILES string of the molecule is CCNc1cc(C(=O)N[C@@H](Cc2ccccc2)[C@H](O)CNCc2ccsc2)cc(N2CCCCS2(O)O)c1. The number of nitrogens with zero attached hydrogens (tertiary/aromatic N) is 1. The highest BCUT2D eigenvalue weighted by molar-refractivity contribution is 8.25. The number of anilines is 2. The number of amides is 1. The lowest BCUT2D eigenvalue weighted by molar-refractivity contribution is 0.0830. The predicted octanol–water partition coefficient (Wildman–Crippen LogP) is 4.94. The van der Waals surface area contributed by atoms with Gasteiger partial charge < -0.3 is 21.1 Å². The van der Waals surface area contributed by atoms with Gasteiger partial charge in [-0.2, -0.15) is 11.3 Å². The lowest BCUT2D eigenvalue weighted by Crippen LogP contribution is -2.48. The normalized spacial score (nSPS) is 17.4. The smallest absolute Gasteiger partial charge is 0.251 e. The van der Waals surface area contributed by atoms with Crippen molar-refractivity contribution in [2.45, 2.75) is 44.9 Å². The molecule has 0 spiro atoms. The summed E-state index contributed by atoms with van der Waals surface area (Å²) in [5, 5.41) is 24.8. The number of thiophene rings is 1. The molecule has 2 aromatic carbocycles. The number of rotatable bonds is 12. The molecule has 4 rings (SSSR count). The quantitative estimate of drug-likeness (QED) is 0.187. The van der Waals surface area contributed by atoms with Crippen LogP contribution in [0.2, 0.25) is 0 Å². The highest BCUT2D eigenvalue weighted by Crippen LogP contribution is 2.50. The van der Waals surface area contributed by atoms with Crippen LogP contribution in [0.25, 0.3) is 0 Å². The first-order chi connectivity index (χ1) is 18.4. The second-order valence-electron chi connectivity index (χ2n) is 9.54. The molecule has 0 aliphatic carbocycles. The highest BCUT2D eigenvalue weighted by atomic mass is 32.3. The Morgan fingerprint density at radius 3 is 2.63 bits per heavy atom. The molecule has 1 aliphatic rings. The van der Waals surface area contributed by atoms with Crippen LogP contribution in [0, 0.1) is 0 Å². The van der Waals surface area contributed by atoms with E-state index in [1.54, 1.807) is 27.8 Å². The van der Waals surface area contributed by atoms with Crippen LogP contribution in [0.1, 0.15) is 41.3 Å². The van der Waals surface area contributed by atoms with Gasteiger partial charge in [0.05, 0.1) is 23.6 Å². The van der Waals surface area contributed by atoms with Crippen LogP contribution in [0.3, 0.4) is 0 Å². The zero-order valence-electron chi connectivity index (χ0n) is 21.7. The van der Waals surface area contributed by atoms with E-state index in [2.05, 4.69) is 21.3 Å². The molecular formula is C28H38N4O4S2. The van der Waals surface area contributed by atoms with E-state index in [-0.39, 0.29) is 5.91 Å². The summed E-state index contributed by atoms with van der Waals surface area (Å²) in [6.07, 6.45) is 1.27. The van der Waals surface area contributed by atoms with E-state index in [1.807, 2.05) is 54.8 Å². The van der Waals surface area contributed by atoms with Crippen LogP contribution in [-0.2, 0) is 13.0 Å². The Bertz CT molecular complexity index is 1160. The third kappa shape index (κ3) is 7.72. The molecule has 6 N–H and O–H groups in total. The molecule has 0 unspecified atom stereocenters. The summed E-state index contributed by atoms with van der Waals surface area (Å²) in [7, 11) is -2.93. The number of carbonyl (C=O) groups excluding carboxylic acids is 1. The van der Waals surface area contributed by atoms with Crippen molar-refractivity contribution in [2.24, 2.45) is 0 Å². The third-order valence-electron chi connectivity index (χ3n) is 6.57. The van der Waals surface area contributed by atoms with Crippen molar-refractivity contribution in [2.75, 3.05) is 35.0 Å². The topological polar surface area (TPSA) is 117 Å². The van der Waals surface area contributed by atoms with E-state index < -0.39 is 22.9 Å². The van der Waals surface area contributed by atoms with Crippen molar-refractivity contribution in [3.8, 4) is 0 Å². The lowest BCUT2D eigenvalue weighted by Gasteiger charge is -2.47. The average molecular weight is 559 g/mol. The first-order valence-electron chi connectivity index (χ1n) is 13.0. The monoisotopic (exact) mass is 558 g/mol. The fourth-order valence-electron chi connectivity index (χ4n) is 4.60. The van der Waals surface area contributed by atoms with Crippen molar-refractivity contribution >= 4 is 39.4 Å². The van der Waals surface area contributed by atoms with Gasteiger partial charge in [-0.05, 0) is 72.3 Å². The second kappa shape index (κ2) is 13.5. The summed E-state index contributed by atoms with van der Waals surface area (Å²) < 4.78 is 23.0. The molecule has 1 aromatic heterocycles. The predicted molar refractivity (Wildman–Crippen MR) is 158 cm³/mol. The Balaban J connectivity index is 1.53. The molecule has 0 radical (unpaired) electrons. The summed E-state index contributed by atoms with van der Waals surface area (Å²) in [4.78, 5) is 13.6. The van der Waals surface area contributed by atoms with Gasteiger partial charge >= 0.3 is 0 Å². The van der Waals surface area contributed by atoms with Crippen molar-refractivity contribution in [3.05, 3.63) is 82.0 Å². The molecule has 38 heavy (non-hydrogen) atoms. The number of hydrogen-bond acceptors (Lipinski definition) is 8. The van der Waals surface area contributed by atoms with E-state index in [0.29, 0.717) is 49.6 Å². The molecule has 1 amide bonds. The molecule has 1 fully saturated rings. The third-order valence-corrected chi connectivity index (χ3v) is 9.24. The van der Waals surface area contributed by atoms with Gasteiger partial charge in [0.15, 0.2) is 0 Å². The molecule has 2 heterocycles. The Hall–Kier alpha value is -2.60. The van der Waals surface area contributed by atoms with E-state index in [4.69, 9.17) is 0 Å².